The van der Waals surface area contributed by atoms with Crippen molar-refractivity contribution < 1.29 is 80.2 Å². The van der Waals surface area contributed by atoms with Gasteiger partial charge in [0, 0.05) is 25.7 Å². The molecular formula is C72H140O17P2. The third kappa shape index (κ3) is 65.1. The van der Waals surface area contributed by atoms with Crippen molar-refractivity contribution in [1.82, 2.24) is 0 Å². The van der Waals surface area contributed by atoms with Crippen LogP contribution in [-0.4, -0.2) is 96.7 Å². The first-order chi connectivity index (χ1) is 44.1. The van der Waals surface area contributed by atoms with Gasteiger partial charge < -0.3 is 33.8 Å². The Hall–Kier alpha value is -1.94. The van der Waals surface area contributed by atoms with Gasteiger partial charge in [-0.15, -0.1) is 0 Å². The first-order valence-electron chi connectivity index (χ1n) is 37.7. The highest BCUT2D eigenvalue weighted by Crippen LogP contribution is 2.45. The summed E-state index contributed by atoms with van der Waals surface area (Å²) in [5, 5.41) is 10.6. The normalized spacial score (nSPS) is 14.3. The molecule has 0 aliphatic heterocycles. The summed E-state index contributed by atoms with van der Waals surface area (Å²) in [6, 6.07) is 0. The van der Waals surface area contributed by atoms with E-state index in [-0.39, 0.29) is 25.7 Å². The molecule has 0 aromatic carbocycles. The second kappa shape index (κ2) is 65.4. The molecule has 91 heavy (non-hydrogen) atoms. The van der Waals surface area contributed by atoms with Crippen molar-refractivity contribution in [1.29, 1.82) is 0 Å². The van der Waals surface area contributed by atoms with Crippen LogP contribution in [0.1, 0.15) is 375 Å². The van der Waals surface area contributed by atoms with E-state index in [0.29, 0.717) is 25.7 Å². The van der Waals surface area contributed by atoms with E-state index in [1.54, 1.807) is 0 Å². The van der Waals surface area contributed by atoms with Crippen LogP contribution < -0.4 is 0 Å². The molecule has 3 N–H and O–H groups in total. The monoisotopic (exact) mass is 1340 g/mol. The zero-order valence-electron chi connectivity index (χ0n) is 59.0. The summed E-state index contributed by atoms with van der Waals surface area (Å²) < 4.78 is 68.4. The van der Waals surface area contributed by atoms with Crippen molar-refractivity contribution in [2.45, 2.75) is 393 Å². The van der Waals surface area contributed by atoms with E-state index in [4.69, 9.17) is 37.0 Å². The summed E-state index contributed by atoms with van der Waals surface area (Å²) in [5.74, 6) is -1.31. The van der Waals surface area contributed by atoms with Crippen LogP contribution in [-0.2, 0) is 65.4 Å². The fraction of sp³-hybridized carbons (Fsp3) is 0.944. The molecule has 19 heteroatoms. The summed E-state index contributed by atoms with van der Waals surface area (Å²) in [5.41, 5.74) is 0. The van der Waals surface area contributed by atoms with Gasteiger partial charge in [-0.3, -0.25) is 37.3 Å². The van der Waals surface area contributed by atoms with E-state index >= 15 is 0 Å². The minimum Gasteiger partial charge on any atom is -0.462 e. The number of phosphoric ester groups is 2. The van der Waals surface area contributed by atoms with Crippen LogP contribution in [0.3, 0.4) is 0 Å². The molecule has 0 aliphatic carbocycles. The molecule has 0 radical (unpaired) electrons. The Morgan fingerprint density at radius 2 is 0.527 bits per heavy atom. The van der Waals surface area contributed by atoms with E-state index in [1.165, 1.54) is 199 Å². The number of carbonyl (C=O) groups excluding carboxylic acids is 4. The van der Waals surface area contributed by atoms with Gasteiger partial charge in [-0.2, -0.15) is 0 Å². The lowest BCUT2D eigenvalue weighted by molar-refractivity contribution is -0.161. The molecule has 0 fully saturated rings. The van der Waals surface area contributed by atoms with Crippen LogP contribution in [0.15, 0.2) is 0 Å². The highest BCUT2D eigenvalue weighted by atomic mass is 31.2. The van der Waals surface area contributed by atoms with E-state index in [1.807, 2.05) is 0 Å². The van der Waals surface area contributed by atoms with Crippen LogP contribution in [0.4, 0.5) is 0 Å². The molecule has 0 spiro atoms. The maximum absolute atomic E-state index is 13.0. The van der Waals surface area contributed by atoms with E-state index < -0.39 is 97.5 Å². The summed E-state index contributed by atoms with van der Waals surface area (Å²) in [6.45, 7) is 7.28. The molecule has 6 atom stereocenters. The molecule has 17 nitrogen and oxygen atoms in total. The zero-order valence-corrected chi connectivity index (χ0v) is 60.8. The maximum Gasteiger partial charge on any atom is 0.472 e. The standard InChI is InChI=1S/C72H140O17P2/c1-6-10-13-16-19-22-24-26-27-29-31-38-43-48-53-58-72(77)89-68(62-83-70(75)56-51-46-41-36-33-32-35-39-44-49-54-65(5)9-4)64-87-91(80,81)85-60-66(73)59-84-90(78,79)86-63-67(61-82-69(74)55-50-45-40-34-21-18-15-12-8-3)88-71(76)57-52-47-42-37-30-28-25-23-20-17-14-11-7-2/h65-68,73H,6-64H2,1-5H3,(H,78,79)(H,80,81)/t65?,66-,67+,68+/m0/s1. The average molecular weight is 1340 g/mol. The van der Waals surface area contributed by atoms with Crippen molar-refractivity contribution >= 4 is 39.5 Å². The van der Waals surface area contributed by atoms with Gasteiger partial charge in [0.15, 0.2) is 12.2 Å². The van der Waals surface area contributed by atoms with Gasteiger partial charge in [-0.25, -0.2) is 9.13 Å². The predicted molar refractivity (Wildman–Crippen MR) is 368 cm³/mol. The quantitative estimate of drug-likeness (QED) is 0.0222. The summed E-state index contributed by atoms with van der Waals surface area (Å²) >= 11 is 0. The lowest BCUT2D eigenvalue weighted by atomic mass is 9.99. The SMILES string of the molecule is CCCCCCCCCCCCCCCCCC(=O)O[C@H](COC(=O)CCCCCCCCCCCCC(C)CC)COP(=O)(O)OC[C@@H](O)COP(=O)(O)OC[C@@H](COC(=O)CCCCCCCCCCC)OC(=O)CCCCCCCCCCCCCCC. The minimum absolute atomic E-state index is 0.108. The first kappa shape index (κ1) is 89.1. The molecule has 3 unspecified atom stereocenters. The summed E-state index contributed by atoms with van der Waals surface area (Å²) in [6.07, 6.45) is 52.5. The van der Waals surface area contributed by atoms with Crippen molar-refractivity contribution in [2.75, 3.05) is 39.6 Å². The van der Waals surface area contributed by atoms with Crippen molar-refractivity contribution in [3.05, 3.63) is 0 Å². The number of carbonyl (C=O) groups is 4. The van der Waals surface area contributed by atoms with Gasteiger partial charge >= 0.3 is 39.5 Å². The molecule has 0 bridgehead atoms. The van der Waals surface area contributed by atoms with Gasteiger partial charge in [0.1, 0.15) is 19.3 Å². The second-order valence-electron chi connectivity index (χ2n) is 26.2. The van der Waals surface area contributed by atoms with Crippen LogP contribution >= 0.6 is 15.6 Å². The van der Waals surface area contributed by atoms with Crippen molar-refractivity contribution in [3.63, 3.8) is 0 Å². The van der Waals surface area contributed by atoms with Crippen LogP contribution in [0.2, 0.25) is 0 Å². The molecular weight excluding hydrogens is 1200 g/mol. The van der Waals surface area contributed by atoms with Crippen LogP contribution in [0, 0.1) is 5.92 Å². The predicted octanol–water partition coefficient (Wildman–Crippen LogP) is 20.9. The lowest BCUT2D eigenvalue weighted by Crippen LogP contribution is -2.30. The molecule has 0 rings (SSSR count). The smallest absolute Gasteiger partial charge is 0.462 e. The Bertz CT molecular complexity index is 1760. The molecule has 0 heterocycles. The topological polar surface area (TPSA) is 237 Å². The summed E-state index contributed by atoms with van der Waals surface area (Å²) in [7, 11) is -9.90. The number of esters is 4. The van der Waals surface area contributed by atoms with Gasteiger partial charge in [0.25, 0.3) is 0 Å². The average Bonchev–Trinajstić information content (AvgIpc) is 3.73. The Kier molecular flexibility index (Phi) is 64.0. The number of aliphatic hydroxyl groups excluding tert-OH is 1. The van der Waals surface area contributed by atoms with E-state index in [2.05, 4.69) is 34.6 Å². The number of rotatable bonds is 72. The second-order valence-corrected chi connectivity index (χ2v) is 29.1. The molecule has 0 saturated heterocycles. The fourth-order valence-electron chi connectivity index (χ4n) is 11.0. The van der Waals surface area contributed by atoms with E-state index in [0.717, 1.165) is 95.8 Å². The van der Waals surface area contributed by atoms with Gasteiger partial charge in [0.05, 0.1) is 26.4 Å². The Morgan fingerprint density at radius 1 is 0.308 bits per heavy atom. The highest BCUT2D eigenvalue weighted by molar-refractivity contribution is 7.47. The number of hydrogen-bond donors (Lipinski definition) is 3. The fourth-order valence-corrected chi connectivity index (χ4v) is 12.5. The third-order valence-electron chi connectivity index (χ3n) is 17.1. The molecule has 0 aromatic heterocycles. The lowest BCUT2D eigenvalue weighted by Gasteiger charge is -2.21. The van der Waals surface area contributed by atoms with E-state index in [9.17, 15) is 43.2 Å². The van der Waals surface area contributed by atoms with Crippen LogP contribution in [0.25, 0.3) is 0 Å². The number of unbranched alkanes of at least 4 members (excludes halogenated alkanes) is 43. The largest absolute Gasteiger partial charge is 0.472 e. The molecule has 0 aliphatic rings. The molecule has 540 valence electrons. The molecule has 0 saturated carbocycles. The van der Waals surface area contributed by atoms with Crippen molar-refractivity contribution in [2.24, 2.45) is 5.92 Å². The maximum atomic E-state index is 13.0. The Morgan fingerprint density at radius 3 is 0.780 bits per heavy atom. The minimum atomic E-state index is -4.95. The Balaban J connectivity index is 5.24. The molecule has 0 aromatic rings. The van der Waals surface area contributed by atoms with Crippen LogP contribution in [0.5, 0.6) is 0 Å². The highest BCUT2D eigenvalue weighted by Gasteiger charge is 2.30. The zero-order chi connectivity index (χ0) is 67.0. The number of hydrogen-bond acceptors (Lipinski definition) is 15. The van der Waals surface area contributed by atoms with Gasteiger partial charge in [-0.1, -0.05) is 324 Å². The number of ether oxygens (including phenoxy) is 4. The third-order valence-corrected chi connectivity index (χ3v) is 19.0. The van der Waals surface area contributed by atoms with Gasteiger partial charge in [0.2, 0.25) is 0 Å². The molecule has 0 amide bonds. The Labute approximate surface area is 556 Å². The first-order valence-corrected chi connectivity index (χ1v) is 40.7. The van der Waals surface area contributed by atoms with Gasteiger partial charge in [-0.05, 0) is 31.6 Å². The number of aliphatic hydroxyl groups is 1. The van der Waals surface area contributed by atoms with Crippen molar-refractivity contribution in [3.8, 4) is 0 Å². The summed E-state index contributed by atoms with van der Waals surface area (Å²) in [4.78, 5) is 72.6. The number of phosphoric acid groups is 2.